The summed E-state index contributed by atoms with van der Waals surface area (Å²) in [6.45, 7) is 0. The smallest absolute Gasteiger partial charge is 0.138 e. The van der Waals surface area contributed by atoms with E-state index in [4.69, 9.17) is 9.47 Å². The van der Waals surface area contributed by atoms with Crippen LogP contribution in [0.2, 0.25) is 0 Å². The van der Waals surface area contributed by atoms with Gasteiger partial charge in [-0.25, -0.2) is 0 Å². The minimum atomic E-state index is 0.829. The molecule has 0 unspecified atom stereocenters. The molecule has 97 valence electrons. The lowest BCUT2D eigenvalue weighted by atomic mass is 9.96. The van der Waals surface area contributed by atoms with Gasteiger partial charge in [0, 0.05) is 11.6 Å². The number of benzene rings is 1. The number of para-hydroxylation sites is 1. The molecule has 4 rings (SSSR count). The molecule has 1 aromatic rings. The summed E-state index contributed by atoms with van der Waals surface area (Å²) >= 11 is 0. The van der Waals surface area contributed by atoms with Crippen molar-refractivity contribution in [1.82, 2.24) is 0 Å². The van der Waals surface area contributed by atoms with Gasteiger partial charge >= 0.3 is 0 Å². The highest BCUT2D eigenvalue weighted by atomic mass is 16.5. The van der Waals surface area contributed by atoms with Crippen LogP contribution >= 0.6 is 0 Å². The van der Waals surface area contributed by atoms with E-state index in [0.29, 0.717) is 0 Å². The highest BCUT2D eigenvalue weighted by Crippen LogP contribution is 2.33. The first-order chi connectivity index (χ1) is 9.90. The molecule has 2 heteroatoms. The molecular formula is C18H13O2. The number of ether oxygens (including phenoxy) is 2. The van der Waals surface area contributed by atoms with Crippen molar-refractivity contribution in [3.05, 3.63) is 89.1 Å². The van der Waals surface area contributed by atoms with Gasteiger partial charge in [-0.3, -0.25) is 0 Å². The zero-order chi connectivity index (χ0) is 13.4. The fourth-order valence-electron chi connectivity index (χ4n) is 2.56. The lowest BCUT2D eigenvalue weighted by molar-refractivity contribution is 0.351. The first kappa shape index (κ1) is 11.4. The molecule has 0 fully saturated rings. The van der Waals surface area contributed by atoms with Crippen LogP contribution in [0.4, 0.5) is 0 Å². The summed E-state index contributed by atoms with van der Waals surface area (Å²) in [5, 5.41) is 0. The Morgan fingerprint density at radius 3 is 3.10 bits per heavy atom. The molecule has 2 aliphatic heterocycles. The first-order valence-corrected chi connectivity index (χ1v) is 6.73. The predicted molar refractivity (Wildman–Crippen MR) is 76.8 cm³/mol. The second-order valence-corrected chi connectivity index (χ2v) is 4.91. The van der Waals surface area contributed by atoms with Gasteiger partial charge in [0.1, 0.15) is 17.3 Å². The van der Waals surface area contributed by atoms with Crippen LogP contribution in [0.25, 0.3) is 0 Å². The third-order valence-corrected chi connectivity index (χ3v) is 3.62. The fraction of sp³-hybridized carbons (Fsp3) is 0.111. The Hall–Kier alpha value is -2.48. The van der Waals surface area contributed by atoms with Crippen molar-refractivity contribution in [2.24, 2.45) is 0 Å². The summed E-state index contributed by atoms with van der Waals surface area (Å²) < 4.78 is 11.5. The van der Waals surface area contributed by atoms with E-state index in [0.717, 1.165) is 35.7 Å². The summed E-state index contributed by atoms with van der Waals surface area (Å²) in [5.41, 5.74) is 3.47. The molecule has 3 aliphatic rings. The first-order valence-electron chi connectivity index (χ1n) is 6.73. The van der Waals surface area contributed by atoms with E-state index in [1.807, 2.05) is 24.3 Å². The summed E-state index contributed by atoms with van der Waals surface area (Å²) in [4.78, 5) is 0. The normalized spacial score (nSPS) is 19.4. The van der Waals surface area contributed by atoms with Crippen LogP contribution in [-0.4, -0.2) is 0 Å². The summed E-state index contributed by atoms with van der Waals surface area (Å²) in [7, 11) is 0. The molecule has 0 atom stereocenters. The molecule has 2 nitrogen and oxygen atoms in total. The maximum Gasteiger partial charge on any atom is 0.138 e. The van der Waals surface area contributed by atoms with Gasteiger partial charge in [0.15, 0.2) is 0 Å². The van der Waals surface area contributed by atoms with Crippen molar-refractivity contribution in [2.75, 3.05) is 0 Å². The molecule has 0 N–H and O–H groups in total. The second-order valence-electron chi connectivity index (χ2n) is 4.91. The molecule has 20 heavy (non-hydrogen) atoms. The van der Waals surface area contributed by atoms with Crippen molar-refractivity contribution < 1.29 is 9.47 Å². The molecule has 1 radical (unpaired) electrons. The topological polar surface area (TPSA) is 18.5 Å². The summed E-state index contributed by atoms with van der Waals surface area (Å²) in [6.07, 6.45) is 13.8. The Bertz CT molecular complexity index is 715. The Labute approximate surface area is 118 Å². The van der Waals surface area contributed by atoms with Gasteiger partial charge < -0.3 is 9.47 Å². The van der Waals surface area contributed by atoms with Crippen LogP contribution in [0.1, 0.15) is 12.0 Å². The third kappa shape index (κ3) is 1.90. The predicted octanol–water partition coefficient (Wildman–Crippen LogP) is 3.99. The quantitative estimate of drug-likeness (QED) is 0.761. The van der Waals surface area contributed by atoms with Crippen LogP contribution in [-0.2, 0) is 11.2 Å². The second kappa shape index (κ2) is 4.57. The van der Waals surface area contributed by atoms with E-state index in [9.17, 15) is 0 Å². The standard InChI is InChI=1S/C18H13O2/c1-2-6-16-13(4-1)9-10-17(20-16)15-8-7-14-5-3-11-19-18(14)12-15/h1-5,8,10-12H,7,9H2. The number of fused-ring (bicyclic) bond motifs is 2. The van der Waals surface area contributed by atoms with Crippen LogP contribution in [0.15, 0.2) is 77.5 Å². The van der Waals surface area contributed by atoms with Crippen molar-refractivity contribution >= 4 is 0 Å². The molecule has 1 aliphatic carbocycles. The van der Waals surface area contributed by atoms with Gasteiger partial charge in [-0.15, -0.1) is 0 Å². The van der Waals surface area contributed by atoms with E-state index in [2.05, 4.69) is 30.4 Å². The van der Waals surface area contributed by atoms with Gasteiger partial charge in [0.05, 0.1) is 6.26 Å². The molecule has 0 amide bonds. The number of allylic oxidation sites excluding steroid dienone is 6. The van der Waals surface area contributed by atoms with Crippen molar-refractivity contribution in [3.8, 4) is 5.75 Å². The van der Waals surface area contributed by atoms with E-state index in [1.54, 1.807) is 6.26 Å². The Balaban J connectivity index is 1.63. The van der Waals surface area contributed by atoms with E-state index < -0.39 is 0 Å². The summed E-state index contributed by atoms with van der Waals surface area (Å²) in [5.74, 6) is 2.64. The highest BCUT2D eigenvalue weighted by molar-refractivity contribution is 5.52. The molecule has 0 aromatic heterocycles. The van der Waals surface area contributed by atoms with Gasteiger partial charge in [0.2, 0.25) is 0 Å². The SMILES string of the molecule is [c]1cccc2c1OC(C1=CCC3=CC=COC3=C1)=CC2. The average molecular weight is 261 g/mol. The van der Waals surface area contributed by atoms with Crippen LogP contribution in [0, 0.1) is 6.07 Å². The molecule has 2 heterocycles. The average Bonchev–Trinajstić information content (AvgIpc) is 2.54. The molecule has 0 saturated heterocycles. The van der Waals surface area contributed by atoms with Gasteiger partial charge in [0.25, 0.3) is 0 Å². The lowest BCUT2D eigenvalue weighted by Crippen LogP contribution is -2.09. The Morgan fingerprint density at radius 2 is 2.10 bits per heavy atom. The fourth-order valence-corrected chi connectivity index (χ4v) is 2.56. The zero-order valence-corrected chi connectivity index (χ0v) is 10.9. The third-order valence-electron chi connectivity index (χ3n) is 3.62. The monoisotopic (exact) mass is 261 g/mol. The van der Waals surface area contributed by atoms with Gasteiger partial charge in [-0.2, -0.15) is 0 Å². The van der Waals surface area contributed by atoms with Gasteiger partial charge in [-0.1, -0.05) is 30.4 Å². The van der Waals surface area contributed by atoms with Crippen molar-refractivity contribution in [2.45, 2.75) is 12.8 Å². The van der Waals surface area contributed by atoms with E-state index >= 15 is 0 Å². The highest BCUT2D eigenvalue weighted by Gasteiger charge is 2.19. The number of hydrogen-bond acceptors (Lipinski definition) is 2. The van der Waals surface area contributed by atoms with Crippen LogP contribution < -0.4 is 4.74 Å². The minimum Gasteiger partial charge on any atom is -0.465 e. The largest absolute Gasteiger partial charge is 0.465 e. The summed E-state index contributed by atoms with van der Waals surface area (Å²) in [6, 6.07) is 9.09. The molecular weight excluding hydrogens is 248 g/mol. The maximum absolute atomic E-state index is 5.95. The van der Waals surface area contributed by atoms with E-state index in [1.165, 1.54) is 11.1 Å². The van der Waals surface area contributed by atoms with Gasteiger partial charge in [-0.05, 0) is 42.2 Å². The lowest BCUT2D eigenvalue weighted by Gasteiger charge is -2.22. The van der Waals surface area contributed by atoms with Crippen molar-refractivity contribution in [3.63, 3.8) is 0 Å². The molecule has 1 aromatic carbocycles. The number of hydrogen-bond donors (Lipinski definition) is 0. The number of rotatable bonds is 1. The molecule has 0 saturated carbocycles. The van der Waals surface area contributed by atoms with Crippen molar-refractivity contribution in [1.29, 1.82) is 0 Å². The van der Waals surface area contributed by atoms with Crippen LogP contribution in [0.3, 0.4) is 0 Å². The Kier molecular flexibility index (Phi) is 2.59. The minimum absolute atomic E-state index is 0.829. The maximum atomic E-state index is 5.95. The van der Waals surface area contributed by atoms with Crippen LogP contribution in [0.5, 0.6) is 5.75 Å². The Morgan fingerprint density at radius 1 is 1.10 bits per heavy atom. The molecule has 0 spiro atoms. The molecule has 0 bridgehead atoms. The zero-order valence-electron chi connectivity index (χ0n) is 10.9. The van der Waals surface area contributed by atoms with E-state index in [-0.39, 0.29) is 0 Å².